The van der Waals surface area contributed by atoms with Crippen LogP contribution in [0.5, 0.6) is 5.75 Å². The van der Waals surface area contributed by atoms with Gasteiger partial charge in [-0.05, 0) is 0 Å². The number of rotatable bonds is 6. The van der Waals surface area contributed by atoms with Crippen molar-refractivity contribution < 1.29 is 9.47 Å². The van der Waals surface area contributed by atoms with Gasteiger partial charge in [0.25, 0.3) is 0 Å². The van der Waals surface area contributed by atoms with Crippen molar-refractivity contribution in [2.24, 2.45) is 0 Å². The van der Waals surface area contributed by atoms with Crippen LogP contribution in [-0.2, 0) is 11.3 Å². The third kappa shape index (κ3) is 3.17. The van der Waals surface area contributed by atoms with E-state index in [0.29, 0.717) is 24.8 Å². The second-order valence-electron chi connectivity index (χ2n) is 3.56. The maximum Gasteiger partial charge on any atom is 0.227 e. The molecule has 0 saturated heterocycles. The maximum atomic E-state index is 4.98. The van der Waals surface area contributed by atoms with E-state index in [2.05, 4.69) is 20.4 Å². The molecule has 0 unspecified atom stereocenters. The van der Waals surface area contributed by atoms with Crippen molar-refractivity contribution in [3.8, 4) is 5.75 Å². The Labute approximate surface area is 105 Å². The minimum Gasteiger partial charge on any atom is -0.494 e. The Balaban J connectivity index is 1.97. The lowest BCUT2D eigenvalue weighted by Crippen LogP contribution is -2.04. The minimum atomic E-state index is 0.502. The molecule has 0 aliphatic carbocycles. The molecule has 0 saturated carbocycles. The van der Waals surface area contributed by atoms with E-state index < -0.39 is 0 Å². The topological polar surface area (TPSA) is 74.1 Å². The summed E-state index contributed by atoms with van der Waals surface area (Å²) in [5, 5.41) is 7.23. The highest BCUT2D eigenvalue weighted by Gasteiger charge is 2.01. The van der Waals surface area contributed by atoms with Gasteiger partial charge in [-0.25, -0.2) is 9.97 Å². The molecule has 0 fully saturated rings. The monoisotopic (exact) mass is 249 g/mol. The van der Waals surface area contributed by atoms with E-state index in [4.69, 9.17) is 9.47 Å². The Bertz CT molecular complexity index is 482. The Morgan fingerprint density at radius 3 is 2.67 bits per heavy atom. The summed E-state index contributed by atoms with van der Waals surface area (Å²) in [6, 6.07) is 0. The Kier molecular flexibility index (Phi) is 4.08. The van der Waals surface area contributed by atoms with Gasteiger partial charge in [-0.2, -0.15) is 5.10 Å². The fourth-order valence-corrected chi connectivity index (χ4v) is 1.35. The molecule has 0 atom stereocenters. The predicted octanol–water partition coefficient (Wildman–Crippen LogP) is 1.07. The van der Waals surface area contributed by atoms with E-state index in [1.165, 1.54) is 0 Å². The van der Waals surface area contributed by atoms with Crippen LogP contribution in [0, 0.1) is 0 Å². The van der Waals surface area contributed by atoms with Crippen LogP contribution in [0.1, 0.15) is 0 Å². The van der Waals surface area contributed by atoms with Crippen LogP contribution in [-0.4, -0.2) is 40.6 Å². The molecule has 96 valence electrons. The largest absolute Gasteiger partial charge is 0.494 e. The van der Waals surface area contributed by atoms with Crippen molar-refractivity contribution in [3.63, 3.8) is 0 Å². The molecule has 0 aromatic carbocycles. The summed E-state index contributed by atoms with van der Waals surface area (Å²) in [6.45, 7) is 1.34. The van der Waals surface area contributed by atoms with Crippen molar-refractivity contribution in [1.29, 1.82) is 0 Å². The molecule has 0 radical (unpaired) electrons. The molecule has 0 spiro atoms. The van der Waals surface area contributed by atoms with Gasteiger partial charge >= 0.3 is 0 Å². The number of aromatic nitrogens is 4. The van der Waals surface area contributed by atoms with Gasteiger partial charge in [0.05, 0.1) is 44.5 Å². The van der Waals surface area contributed by atoms with E-state index >= 15 is 0 Å². The highest BCUT2D eigenvalue weighted by molar-refractivity contribution is 5.50. The summed E-state index contributed by atoms with van der Waals surface area (Å²) >= 11 is 0. The first-order valence-electron chi connectivity index (χ1n) is 5.46. The number of hydrogen-bond donors (Lipinski definition) is 1. The second kappa shape index (κ2) is 5.97. The number of anilines is 2. The van der Waals surface area contributed by atoms with E-state index in [1.807, 2.05) is 6.20 Å². The normalized spacial score (nSPS) is 10.3. The fraction of sp³-hybridized carbons (Fsp3) is 0.364. The SMILES string of the molecule is COCCn1cc(Nc2ncc(OC)cn2)cn1. The van der Waals surface area contributed by atoms with Gasteiger partial charge < -0.3 is 14.8 Å². The van der Waals surface area contributed by atoms with Crippen molar-refractivity contribution in [2.45, 2.75) is 6.54 Å². The number of nitrogens with zero attached hydrogens (tertiary/aromatic N) is 4. The molecular weight excluding hydrogens is 234 g/mol. The van der Waals surface area contributed by atoms with Gasteiger partial charge in [0.2, 0.25) is 5.95 Å². The van der Waals surface area contributed by atoms with Crippen LogP contribution in [0.3, 0.4) is 0 Å². The lowest BCUT2D eigenvalue weighted by molar-refractivity contribution is 0.183. The first-order chi connectivity index (χ1) is 8.81. The molecule has 7 nitrogen and oxygen atoms in total. The molecule has 18 heavy (non-hydrogen) atoms. The average Bonchev–Trinajstić information content (AvgIpc) is 2.85. The number of nitrogens with one attached hydrogen (secondary N) is 1. The quantitative estimate of drug-likeness (QED) is 0.825. The lowest BCUT2D eigenvalue weighted by Gasteiger charge is -2.02. The standard InChI is InChI=1S/C11H15N5O2/c1-17-4-3-16-8-9(5-14-16)15-11-12-6-10(18-2)7-13-11/h5-8H,3-4H2,1-2H3,(H,12,13,15). The van der Waals surface area contributed by atoms with Gasteiger partial charge in [-0.15, -0.1) is 0 Å². The maximum absolute atomic E-state index is 4.98. The summed E-state index contributed by atoms with van der Waals surface area (Å²) in [5.41, 5.74) is 0.830. The lowest BCUT2D eigenvalue weighted by atomic mass is 10.5. The molecule has 0 aliphatic heterocycles. The zero-order valence-electron chi connectivity index (χ0n) is 10.3. The molecule has 2 heterocycles. The van der Waals surface area contributed by atoms with Crippen LogP contribution in [0.25, 0.3) is 0 Å². The van der Waals surface area contributed by atoms with Crippen molar-refractivity contribution in [2.75, 3.05) is 26.1 Å². The van der Waals surface area contributed by atoms with E-state index in [9.17, 15) is 0 Å². The molecule has 1 N–H and O–H groups in total. The summed E-state index contributed by atoms with van der Waals surface area (Å²) in [4.78, 5) is 8.21. The Morgan fingerprint density at radius 1 is 1.22 bits per heavy atom. The Morgan fingerprint density at radius 2 is 2.00 bits per heavy atom. The molecular formula is C11H15N5O2. The highest BCUT2D eigenvalue weighted by atomic mass is 16.5. The third-order valence-corrected chi connectivity index (χ3v) is 2.28. The molecule has 2 aromatic rings. The molecule has 7 heteroatoms. The van der Waals surface area contributed by atoms with Gasteiger partial charge in [0.15, 0.2) is 5.75 Å². The first-order valence-corrected chi connectivity index (χ1v) is 5.46. The van der Waals surface area contributed by atoms with E-state index in [1.54, 1.807) is 37.5 Å². The summed E-state index contributed by atoms with van der Waals surface area (Å²) in [6.07, 6.45) is 6.78. The van der Waals surface area contributed by atoms with Gasteiger partial charge in [-0.1, -0.05) is 0 Å². The number of ether oxygens (including phenoxy) is 2. The third-order valence-electron chi connectivity index (χ3n) is 2.28. The van der Waals surface area contributed by atoms with E-state index in [-0.39, 0.29) is 0 Å². The fourth-order valence-electron chi connectivity index (χ4n) is 1.35. The zero-order valence-corrected chi connectivity index (χ0v) is 10.3. The summed E-state index contributed by atoms with van der Waals surface area (Å²) < 4.78 is 11.8. The van der Waals surface area contributed by atoms with Crippen LogP contribution >= 0.6 is 0 Å². The molecule has 2 aromatic heterocycles. The Hall–Kier alpha value is -2.15. The molecule has 0 amide bonds. The van der Waals surface area contributed by atoms with Crippen LogP contribution < -0.4 is 10.1 Å². The molecule has 0 aliphatic rings. The average molecular weight is 249 g/mol. The number of methoxy groups -OCH3 is 2. The van der Waals surface area contributed by atoms with Crippen LogP contribution in [0.4, 0.5) is 11.6 Å². The minimum absolute atomic E-state index is 0.502. The van der Waals surface area contributed by atoms with Crippen molar-refractivity contribution >= 4 is 11.6 Å². The predicted molar refractivity (Wildman–Crippen MR) is 66.0 cm³/mol. The smallest absolute Gasteiger partial charge is 0.227 e. The van der Waals surface area contributed by atoms with Gasteiger partial charge in [0.1, 0.15) is 0 Å². The molecule has 2 rings (SSSR count). The first kappa shape index (κ1) is 12.3. The van der Waals surface area contributed by atoms with E-state index in [0.717, 1.165) is 5.69 Å². The second-order valence-corrected chi connectivity index (χ2v) is 3.56. The van der Waals surface area contributed by atoms with Crippen LogP contribution in [0.15, 0.2) is 24.8 Å². The summed E-state index contributed by atoms with van der Waals surface area (Å²) in [5.74, 6) is 1.12. The van der Waals surface area contributed by atoms with Gasteiger partial charge in [-0.3, -0.25) is 4.68 Å². The summed E-state index contributed by atoms with van der Waals surface area (Å²) in [7, 11) is 3.24. The van der Waals surface area contributed by atoms with Crippen LogP contribution in [0.2, 0.25) is 0 Å². The highest BCUT2D eigenvalue weighted by Crippen LogP contribution is 2.13. The molecule has 0 bridgehead atoms. The zero-order chi connectivity index (χ0) is 12.8. The van der Waals surface area contributed by atoms with Gasteiger partial charge in [0, 0.05) is 13.3 Å². The van der Waals surface area contributed by atoms with Crippen molar-refractivity contribution in [1.82, 2.24) is 19.7 Å². The number of hydrogen-bond acceptors (Lipinski definition) is 6. The van der Waals surface area contributed by atoms with Crippen molar-refractivity contribution in [3.05, 3.63) is 24.8 Å².